The number of fused-ring (bicyclic) bond motifs is 3. The van der Waals surface area contributed by atoms with Gasteiger partial charge in [-0.15, -0.1) is 0 Å². The van der Waals surface area contributed by atoms with Gasteiger partial charge in [0.15, 0.2) is 11.4 Å². The highest BCUT2D eigenvalue weighted by Crippen LogP contribution is 2.56. The number of phenols is 1. The van der Waals surface area contributed by atoms with E-state index in [0.717, 1.165) is 25.7 Å². The summed E-state index contributed by atoms with van der Waals surface area (Å²) in [5, 5.41) is 45.6. The normalized spacial score (nSPS) is 32.3. The van der Waals surface area contributed by atoms with Crippen molar-refractivity contribution in [3.63, 3.8) is 0 Å². The molecule has 11 nitrogen and oxygen atoms in total. The number of phenolic OH excluding ortho intramolecular Hbond substituents is 1. The highest BCUT2D eigenvalue weighted by Gasteiger charge is 2.68. The number of esters is 1. The lowest BCUT2D eigenvalue weighted by Crippen LogP contribution is -2.69. The third kappa shape index (κ3) is 4.16. The van der Waals surface area contributed by atoms with Crippen LogP contribution in [-0.4, -0.2) is 80.6 Å². The number of nitrogens with two attached hydrogens (primary N) is 1. The van der Waals surface area contributed by atoms with Crippen LogP contribution in [0.5, 0.6) is 5.75 Å². The number of benzene rings is 1. The van der Waals surface area contributed by atoms with Crippen molar-refractivity contribution < 1.29 is 44.3 Å². The molecule has 0 spiro atoms. The van der Waals surface area contributed by atoms with Crippen molar-refractivity contribution in [1.29, 1.82) is 0 Å². The second kappa shape index (κ2) is 10.3. The van der Waals surface area contributed by atoms with E-state index in [9.17, 15) is 39.6 Å². The van der Waals surface area contributed by atoms with Crippen LogP contribution in [0.2, 0.25) is 0 Å². The lowest BCUT2D eigenvalue weighted by Gasteiger charge is -2.54. The molecule has 4 aliphatic carbocycles. The molecule has 1 aromatic rings. The number of ketones is 2. The van der Waals surface area contributed by atoms with E-state index in [-0.39, 0.29) is 16.9 Å². The Balaban J connectivity index is 1.77. The second-order valence-electron chi connectivity index (χ2n) is 11.9. The highest BCUT2D eigenvalue weighted by molar-refractivity contribution is 6.25. The van der Waals surface area contributed by atoms with Crippen molar-refractivity contribution in [2.45, 2.75) is 69.1 Å². The zero-order valence-electron chi connectivity index (χ0n) is 23.3. The number of rotatable bonds is 4. The smallest absolute Gasteiger partial charge is 0.309 e. The Kier molecular flexibility index (Phi) is 7.23. The second-order valence-corrected chi connectivity index (χ2v) is 11.9. The minimum absolute atomic E-state index is 0.102. The summed E-state index contributed by atoms with van der Waals surface area (Å²) in [6, 6.07) is 3.22. The largest absolute Gasteiger partial charge is 0.510 e. The fraction of sp³-hybridized carbons (Fsp3) is 0.533. The van der Waals surface area contributed by atoms with Gasteiger partial charge < -0.3 is 30.9 Å². The summed E-state index contributed by atoms with van der Waals surface area (Å²) < 4.78 is 6.19. The predicted molar refractivity (Wildman–Crippen MR) is 145 cm³/mol. The van der Waals surface area contributed by atoms with Crippen LogP contribution in [0.3, 0.4) is 0 Å². The van der Waals surface area contributed by atoms with E-state index in [2.05, 4.69) is 0 Å². The number of Topliss-reactive ketones (excluding diaryl/α,β-unsaturated/α-hetero) is 2. The summed E-state index contributed by atoms with van der Waals surface area (Å²) in [6.45, 7) is 1.74. The number of aliphatic hydroxyl groups excluding tert-OH is 2. The molecule has 1 aromatic carbocycles. The summed E-state index contributed by atoms with van der Waals surface area (Å²) in [4.78, 5) is 55.2. The van der Waals surface area contributed by atoms with Gasteiger partial charge >= 0.3 is 5.97 Å². The quantitative estimate of drug-likeness (QED) is 0.205. The van der Waals surface area contributed by atoms with Gasteiger partial charge in [0, 0.05) is 11.5 Å². The number of aliphatic hydroxyl groups is 3. The number of hydrogen-bond donors (Lipinski definition) is 5. The zero-order chi connectivity index (χ0) is 30.0. The van der Waals surface area contributed by atoms with Crippen molar-refractivity contribution in [2.24, 2.45) is 23.5 Å². The van der Waals surface area contributed by atoms with E-state index in [1.807, 2.05) is 0 Å². The van der Waals surface area contributed by atoms with Crippen LogP contribution in [0.1, 0.15) is 67.3 Å². The molecule has 0 heterocycles. The summed E-state index contributed by atoms with van der Waals surface area (Å²) in [5.41, 5.74) is 1.53. The first-order valence-corrected chi connectivity index (χ1v) is 14.0. The Morgan fingerprint density at radius 1 is 1.05 bits per heavy atom. The molecule has 6 atom stereocenters. The van der Waals surface area contributed by atoms with Crippen molar-refractivity contribution in [2.75, 3.05) is 14.1 Å². The van der Waals surface area contributed by atoms with Crippen molar-refractivity contribution in [3.05, 3.63) is 52.0 Å². The molecule has 0 radical (unpaired) electrons. The van der Waals surface area contributed by atoms with Gasteiger partial charge in [-0.05, 0) is 44.5 Å². The van der Waals surface area contributed by atoms with E-state index in [4.69, 9.17) is 10.5 Å². The van der Waals surface area contributed by atoms with E-state index in [1.165, 1.54) is 25.1 Å². The first-order valence-electron chi connectivity index (χ1n) is 14.0. The molecule has 1 amide bonds. The maximum absolute atomic E-state index is 13.9. The molecule has 1 saturated carbocycles. The molecule has 0 bridgehead atoms. The highest BCUT2D eigenvalue weighted by atomic mass is 16.5. The molecule has 41 heavy (non-hydrogen) atoms. The van der Waals surface area contributed by atoms with Crippen molar-refractivity contribution >= 4 is 23.4 Å². The number of ether oxygens (including phenoxy) is 1. The fourth-order valence-electron chi connectivity index (χ4n) is 7.44. The van der Waals surface area contributed by atoms with Crippen molar-refractivity contribution in [3.8, 4) is 5.75 Å². The molecule has 5 rings (SSSR count). The topological polar surface area (TPSA) is 188 Å². The molecule has 220 valence electrons. The Morgan fingerprint density at radius 2 is 1.68 bits per heavy atom. The predicted octanol–water partition coefficient (Wildman–Crippen LogP) is 2.17. The zero-order valence-corrected chi connectivity index (χ0v) is 23.3. The fourth-order valence-corrected chi connectivity index (χ4v) is 7.44. The molecule has 4 aliphatic rings. The van der Waals surface area contributed by atoms with Gasteiger partial charge in [0.05, 0.1) is 23.4 Å². The number of carbonyl (C=O) groups is 4. The molecule has 0 aliphatic heterocycles. The van der Waals surface area contributed by atoms with Gasteiger partial charge in [-0.3, -0.25) is 24.1 Å². The lowest BCUT2D eigenvalue weighted by atomic mass is 9.55. The van der Waals surface area contributed by atoms with Gasteiger partial charge in [0.1, 0.15) is 28.9 Å². The number of amides is 1. The number of hydrogen-bond acceptors (Lipinski definition) is 10. The van der Waals surface area contributed by atoms with Crippen LogP contribution < -0.4 is 5.73 Å². The van der Waals surface area contributed by atoms with Gasteiger partial charge in [-0.2, -0.15) is 0 Å². The molecule has 11 heteroatoms. The lowest BCUT2D eigenvalue weighted by molar-refractivity contribution is -0.184. The number of carbonyl (C=O) groups excluding carboxylic acids is 4. The van der Waals surface area contributed by atoms with Gasteiger partial charge in [-0.25, -0.2) is 0 Å². The molecular weight excluding hydrogens is 532 g/mol. The van der Waals surface area contributed by atoms with Gasteiger partial charge in [0.25, 0.3) is 5.91 Å². The Labute approximate surface area is 237 Å². The van der Waals surface area contributed by atoms with E-state index in [1.54, 1.807) is 19.1 Å². The summed E-state index contributed by atoms with van der Waals surface area (Å²) in [7, 11) is 3.05. The van der Waals surface area contributed by atoms with E-state index >= 15 is 0 Å². The van der Waals surface area contributed by atoms with Crippen LogP contribution in [0.4, 0.5) is 0 Å². The summed E-state index contributed by atoms with van der Waals surface area (Å²) >= 11 is 0. The minimum Gasteiger partial charge on any atom is -0.510 e. The Morgan fingerprint density at radius 3 is 2.27 bits per heavy atom. The first-order chi connectivity index (χ1) is 19.3. The summed E-state index contributed by atoms with van der Waals surface area (Å²) in [5.74, 6) is -9.84. The number of aromatic hydroxyl groups is 1. The van der Waals surface area contributed by atoms with Crippen LogP contribution in [0.15, 0.2) is 40.9 Å². The van der Waals surface area contributed by atoms with Crippen LogP contribution in [0.25, 0.3) is 0 Å². The summed E-state index contributed by atoms with van der Waals surface area (Å²) in [6.07, 6.45) is 3.43. The number of nitrogens with zero attached hydrogens (tertiary/aromatic N) is 1. The third-order valence-corrected chi connectivity index (χ3v) is 9.41. The van der Waals surface area contributed by atoms with Crippen LogP contribution in [0, 0.1) is 17.8 Å². The Bertz CT molecular complexity index is 1390. The first kappa shape index (κ1) is 28.8. The molecule has 4 unspecified atom stereocenters. The number of likely N-dealkylation sites (N-methyl/N-ethyl adjacent to an activating group) is 1. The average molecular weight is 569 g/mol. The minimum atomic E-state index is -2.94. The average Bonchev–Trinajstić information content (AvgIpc) is 3.20. The van der Waals surface area contributed by atoms with Crippen LogP contribution >= 0.6 is 0 Å². The molecule has 0 aromatic heterocycles. The standard InChI is InChI=1S/C30H36N2O9/c1-13-15-11-8-12-16(33)18(15)23(34)19-17(13)25(41-29(39)14-9-6-4-5-7-10-14)21-22(32(2)3)24(35)20(28(31)38)27(37)30(21,40)26(19)36/h8,11-14,17,21-22,25,33,35-36,40H,4-7,9-10H2,1-3H3,(H2,31,38)/t13?,17?,21?,22-,25?,30-/m0/s1. The van der Waals surface area contributed by atoms with E-state index < -0.39 is 82.0 Å². The van der Waals surface area contributed by atoms with Gasteiger partial charge in [-0.1, -0.05) is 44.7 Å². The van der Waals surface area contributed by atoms with E-state index in [0.29, 0.717) is 18.4 Å². The molecular formula is C30H36N2O9. The maximum Gasteiger partial charge on any atom is 0.309 e. The molecule has 0 saturated heterocycles. The maximum atomic E-state index is 13.9. The van der Waals surface area contributed by atoms with Gasteiger partial charge in [0.2, 0.25) is 5.78 Å². The SMILES string of the molecule is CC1c2cccc(O)c2C(=O)C2=C(O)[C@]3(O)C(=O)C(C(N)=O)=C(O)[C@@H](N(C)C)C3C(OC(=O)C3CCCCCC3)C21. The van der Waals surface area contributed by atoms with Crippen molar-refractivity contribution in [1.82, 2.24) is 4.90 Å². The Hall–Kier alpha value is -3.70. The monoisotopic (exact) mass is 568 g/mol. The third-order valence-electron chi connectivity index (χ3n) is 9.41. The molecule has 6 N–H and O–H groups in total. The number of primary amides is 1. The van der Waals surface area contributed by atoms with Crippen LogP contribution in [-0.2, 0) is 19.1 Å². The molecule has 1 fully saturated rings.